The molecule has 1 aromatic heterocycles. The lowest BCUT2D eigenvalue weighted by Gasteiger charge is -2.02. The van der Waals surface area contributed by atoms with E-state index in [4.69, 9.17) is 4.74 Å². The molecule has 0 atom stereocenters. The zero-order valence-electron chi connectivity index (χ0n) is 9.45. The molecule has 0 radical (unpaired) electrons. The Morgan fingerprint density at radius 2 is 2.36 bits per heavy atom. The molecule has 14 heavy (non-hydrogen) atoms. The first-order chi connectivity index (χ1) is 6.70. The van der Waals surface area contributed by atoms with Gasteiger partial charge in [-0.05, 0) is 12.5 Å². The molecule has 1 rings (SSSR count). The fourth-order valence-corrected chi connectivity index (χ4v) is 1.48. The molecule has 1 aromatic rings. The van der Waals surface area contributed by atoms with Crippen LogP contribution in [0.4, 0.5) is 0 Å². The molecule has 0 aliphatic heterocycles. The second-order valence-corrected chi connectivity index (χ2v) is 3.40. The molecular weight excluding hydrogens is 176 g/mol. The van der Waals surface area contributed by atoms with Crippen molar-refractivity contribution in [1.29, 1.82) is 0 Å². The molecule has 0 aliphatic rings. The molecule has 0 N–H and O–H groups in total. The van der Waals surface area contributed by atoms with Gasteiger partial charge in [-0.1, -0.05) is 13.3 Å². The van der Waals surface area contributed by atoms with Crippen LogP contribution in [0.3, 0.4) is 0 Å². The van der Waals surface area contributed by atoms with Crippen molar-refractivity contribution in [2.45, 2.75) is 19.8 Å². The molecule has 0 fully saturated rings. The SMILES string of the molecule is CCC/C=C(/OC)c1n(C)cc[n+]1C. The van der Waals surface area contributed by atoms with Crippen molar-refractivity contribution in [1.82, 2.24) is 4.57 Å². The van der Waals surface area contributed by atoms with Crippen LogP contribution in [0.1, 0.15) is 25.6 Å². The largest absolute Gasteiger partial charge is 0.489 e. The molecule has 1 heterocycles. The average Bonchev–Trinajstić information content (AvgIpc) is 2.50. The van der Waals surface area contributed by atoms with Gasteiger partial charge in [0.05, 0.1) is 21.2 Å². The summed E-state index contributed by atoms with van der Waals surface area (Å²) in [6, 6.07) is 0. The van der Waals surface area contributed by atoms with E-state index in [0.717, 1.165) is 24.4 Å². The fraction of sp³-hybridized carbons (Fsp3) is 0.545. The third-order valence-corrected chi connectivity index (χ3v) is 2.24. The average molecular weight is 195 g/mol. The molecule has 0 amide bonds. The Hall–Kier alpha value is -1.25. The number of aromatic nitrogens is 2. The number of unbranched alkanes of at least 4 members (excludes halogenated alkanes) is 1. The number of methoxy groups -OCH3 is 1. The maximum atomic E-state index is 5.38. The second kappa shape index (κ2) is 4.84. The van der Waals surface area contributed by atoms with Gasteiger partial charge in [-0.3, -0.25) is 0 Å². The van der Waals surface area contributed by atoms with Crippen LogP contribution in [0.5, 0.6) is 0 Å². The van der Waals surface area contributed by atoms with Gasteiger partial charge in [0.25, 0.3) is 0 Å². The predicted octanol–water partition coefficient (Wildman–Crippen LogP) is 1.64. The summed E-state index contributed by atoms with van der Waals surface area (Å²) in [6.07, 6.45) is 8.37. The van der Waals surface area contributed by atoms with Crippen molar-refractivity contribution in [2.75, 3.05) is 7.11 Å². The normalized spacial score (nSPS) is 11.9. The van der Waals surface area contributed by atoms with E-state index in [0.29, 0.717) is 0 Å². The molecule has 0 aliphatic carbocycles. The lowest BCUT2D eigenvalue weighted by atomic mass is 10.3. The van der Waals surface area contributed by atoms with E-state index >= 15 is 0 Å². The number of rotatable bonds is 4. The summed E-state index contributed by atoms with van der Waals surface area (Å²) < 4.78 is 9.50. The van der Waals surface area contributed by atoms with E-state index in [1.165, 1.54) is 0 Å². The molecule has 0 unspecified atom stereocenters. The van der Waals surface area contributed by atoms with Crippen LogP contribution >= 0.6 is 0 Å². The van der Waals surface area contributed by atoms with Gasteiger partial charge in [0.2, 0.25) is 5.76 Å². The highest BCUT2D eigenvalue weighted by molar-refractivity contribution is 5.50. The first kappa shape index (κ1) is 10.8. The summed E-state index contributed by atoms with van der Waals surface area (Å²) in [4.78, 5) is 0. The quantitative estimate of drug-likeness (QED) is 0.527. The van der Waals surface area contributed by atoms with Gasteiger partial charge in [-0.25, -0.2) is 9.13 Å². The molecular formula is C11H19N2O+. The Bertz CT molecular complexity index is 307. The van der Waals surface area contributed by atoms with Gasteiger partial charge in [0, 0.05) is 0 Å². The van der Waals surface area contributed by atoms with Crippen molar-refractivity contribution >= 4 is 5.76 Å². The molecule has 0 saturated heterocycles. The smallest absolute Gasteiger partial charge is 0.323 e. The van der Waals surface area contributed by atoms with Gasteiger partial charge < -0.3 is 4.74 Å². The molecule has 3 nitrogen and oxygen atoms in total. The molecule has 0 aromatic carbocycles. The van der Waals surface area contributed by atoms with Crippen LogP contribution in [0.25, 0.3) is 5.76 Å². The minimum Gasteiger partial charge on any atom is -0.489 e. The first-order valence-corrected chi connectivity index (χ1v) is 4.96. The maximum Gasteiger partial charge on any atom is 0.323 e. The number of hydrogen-bond acceptors (Lipinski definition) is 1. The van der Waals surface area contributed by atoms with E-state index < -0.39 is 0 Å². The van der Waals surface area contributed by atoms with Crippen LogP contribution in [-0.2, 0) is 18.8 Å². The van der Waals surface area contributed by atoms with E-state index in [1.807, 2.05) is 26.5 Å². The van der Waals surface area contributed by atoms with Crippen LogP contribution in [0, 0.1) is 0 Å². The Balaban J connectivity index is 3.00. The summed E-state index contributed by atoms with van der Waals surface area (Å²) in [5, 5.41) is 0. The summed E-state index contributed by atoms with van der Waals surface area (Å²) in [5.74, 6) is 2.04. The van der Waals surface area contributed by atoms with Crippen LogP contribution in [0.15, 0.2) is 18.5 Å². The number of ether oxygens (including phenoxy) is 1. The van der Waals surface area contributed by atoms with Gasteiger partial charge >= 0.3 is 5.82 Å². The minimum absolute atomic E-state index is 0.946. The van der Waals surface area contributed by atoms with E-state index in [9.17, 15) is 0 Å². The van der Waals surface area contributed by atoms with Crippen molar-refractivity contribution in [3.05, 3.63) is 24.3 Å². The van der Waals surface area contributed by atoms with Crippen molar-refractivity contribution in [2.24, 2.45) is 14.1 Å². The number of imidazole rings is 1. The number of allylic oxidation sites excluding steroid dienone is 1. The Morgan fingerprint density at radius 3 is 2.79 bits per heavy atom. The highest BCUT2D eigenvalue weighted by Gasteiger charge is 2.16. The molecule has 0 spiro atoms. The van der Waals surface area contributed by atoms with Crippen LogP contribution in [0.2, 0.25) is 0 Å². The highest BCUT2D eigenvalue weighted by Crippen LogP contribution is 2.11. The van der Waals surface area contributed by atoms with Gasteiger partial charge in [0.15, 0.2) is 0 Å². The third-order valence-electron chi connectivity index (χ3n) is 2.24. The monoisotopic (exact) mass is 195 g/mol. The van der Waals surface area contributed by atoms with Crippen molar-refractivity contribution in [3.8, 4) is 0 Å². The van der Waals surface area contributed by atoms with Crippen molar-refractivity contribution in [3.63, 3.8) is 0 Å². The predicted molar refractivity (Wildman–Crippen MR) is 56.5 cm³/mol. The van der Waals surface area contributed by atoms with E-state index in [2.05, 4.69) is 22.1 Å². The topological polar surface area (TPSA) is 18.0 Å². The lowest BCUT2D eigenvalue weighted by Crippen LogP contribution is -2.31. The Kier molecular flexibility index (Phi) is 3.74. The number of hydrogen-bond donors (Lipinski definition) is 0. The highest BCUT2D eigenvalue weighted by atomic mass is 16.5. The molecule has 0 bridgehead atoms. The van der Waals surface area contributed by atoms with Crippen molar-refractivity contribution < 1.29 is 9.30 Å². The fourth-order valence-electron chi connectivity index (χ4n) is 1.48. The number of nitrogens with zero attached hydrogens (tertiary/aromatic N) is 2. The number of aryl methyl sites for hydroxylation is 2. The minimum atomic E-state index is 0.946. The first-order valence-electron chi connectivity index (χ1n) is 4.96. The summed E-state index contributed by atoms with van der Waals surface area (Å²) in [6.45, 7) is 2.16. The molecule has 78 valence electrons. The molecule has 0 saturated carbocycles. The Labute approximate surface area is 85.6 Å². The van der Waals surface area contributed by atoms with Gasteiger partial charge in [-0.2, -0.15) is 0 Å². The van der Waals surface area contributed by atoms with E-state index in [-0.39, 0.29) is 0 Å². The zero-order valence-corrected chi connectivity index (χ0v) is 9.45. The second-order valence-electron chi connectivity index (χ2n) is 3.40. The summed E-state index contributed by atoms with van der Waals surface area (Å²) >= 11 is 0. The van der Waals surface area contributed by atoms with Gasteiger partial charge in [0.1, 0.15) is 12.4 Å². The van der Waals surface area contributed by atoms with E-state index in [1.54, 1.807) is 7.11 Å². The van der Waals surface area contributed by atoms with Crippen LogP contribution in [-0.4, -0.2) is 11.7 Å². The summed E-state index contributed by atoms with van der Waals surface area (Å²) in [7, 11) is 5.76. The van der Waals surface area contributed by atoms with Crippen LogP contribution < -0.4 is 4.57 Å². The third kappa shape index (κ3) is 2.16. The maximum absolute atomic E-state index is 5.38. The van der Waals surface area contributed by atoms with Gasteiger partial charge in [-0.15, -0.1) is 0 Å². The zero-order chi connectivity index (χ0) is 10.6. The summed E-state index contributed by atoms with van der Waals surface area (Å²) in [5.41, 5.74) is 0. The standard InChI is InChI=1S/C11H19N2O/c1-5-6-7-10(14-4)11-12(2)8-9-13(11)3/h7-9H,5-6H2,1-4H3/q+1/b10-7+. The molecule has 3 heteroatoms. The lowest BCUT2D eigenvalue weighted by molar-refractivity contribution is -0.674. The Morgan fingerprint density at radius 1 is 1.64 bits per heavy atom.